The van der Waals surface area contributed by atoms with Crippen molar-refractivity contribution in [3.63, 3.8) is 0 Å². The first-order valence-corrected chi connectivity index (χ1v) is 4.50. The van der Waals surface area contributed by atoms with E-state index in [0.717, 1.165) is 6.42 Å². The van der Waals surface area contributed by atoms with E-state index >= 15 is 0 Å². The lowest BCUT2D eigenvalue weighted by molar-refractivity contribution is 0.512. The average molecular weight is 184 g/mol. The minimum Gasteiger partial charge on any atom is -0.321 e. The van der Waals surface area contributed by atoms with E-state index in [1.54, 1.807) is 4.57 Å². The van der Waals surface area contributed by atoms with Crippen molar-refractivity contribution in [3.05, 3.63) is 16.3 Å². The van der Waals surface area contributed by atoms with Crippen LogP contribution in [0, 0.1) is 0 Å². The van der Waals surface area contributed by atoms with E-state index < -0.39 is 0 Å². The van der Waals surface area contributed by atoms with Gasteiger partial charge >= 0.3 is 5.69 Å². The molecule has 0 saturated heterocycles. The zero-order valence-corrected chi connectivity index (χ0v) is 8.24. The van der Waals surface area contributed by atoms with Crippen LogP contribution in [-0.4, -0.2) is 14.8 Å². The summed E-state index contributed by atoms with van der Waals surface area (Å²) in [4.78, 5) is 11.3. The molecule has 0 amide bonds. The fraction of sp³-hybridized carbons (Fsp3) is 0.750. The molecule has 0 aromatic carbocycles. The summed E-state index contributed by atoms with van der Waals surface area (Å²) in [5.41, 5.74) is 5.62. The Morgan fingerprint density at radius 2 is 2.23 bits per heavy atom. The van der Waals surface area contributed by atoms with Gasteiger partial charge in [-0.1, -0.05) is 6.92 Å². The maximum Gasteiger partial charge on any atom is 0.343 e. The van der Waals surface area contributed by atoms with Gasteiger partial charge in [0.2, 0.25) is 0 Å². The molecule has 1 atom stereocenters. The second kappa shape index (κ2) is 3.74. The Bertz CT molecular complexity index is 325. The summed E-state index contributed by atoms with van der Waals surface area (Å²) < 4.78 is 1.59. The van der Waals surface area contributed by atoms with Crippen molar-refractivity contribution in [3.8, 4) is 0 Å². The van der Waals surface area contributed by atoms with E-state index in [-0.39, 0.29) is 17.8 Å². The summed E-state index contributed by atoms with van der Waals surface area (Å²) in [6, 6.07) is -0.0693. The van der Waals surface area contributed by atoms with Gasteiger partial charge < -0.3 is 5.73 Å². The summed E-state index contributed by atoms with van der Waals surface area (Å²) >= 11 is 0. The molecule has 5 nitrogen and oxygen atoms in total. The van der Waals surface area contributed by atoms with Crippen molar-refractivity contribution in [1.29, 1.82) is 0 Å². The molecule has 1 aromatic rings. The summed E-state index contributed by atoms with van der Waals surface area (Å²) in [6.45, 7) is 5.83. The highest BCUT2D eigenvalue weighted by molar-refractivity contribution is 4.94. The molecule has 1 heterocycles. The Kier molecular flexibility index (Phi) is 2.87. The Hall–Kier alpha value is -1.10. The predicted molar refractivity (Wildman–Crippen MR) is 50.5 cm³/mol. The number of aromatic nitrogens is 3. The molecule has 0 spiro atoms. The number of nitrogens with one attached hydrogen (secondary N) is 1. The lowest BCUT2D eigenvalue weighted by Gasteiger charge is -2.12. The molecule has 0 aliphatic carbocycles. The largest absolute Gasteiger partial charge is 0.343 e. The molecule has 5 heteroatoms. The lowest BCUT2D eigenvalue weighted by atomic mass is 10.2. The van der Waals surface area contributed by atoms with Crippen LogP contribution in [0.3, 0.4) is 0 Å². The van der Waals surface area contributed by atoms with Crippen LogP contribution in [0.1, 0.15) is 45.1 Å². The van der Waals surface area contributed by atoms with Crippen LogP contribution >= 0.6 is 0 Å². The Morgan fingerprint density at radius 3 is 2.69 bits per heavy atom. The van der Waals surface area contributed by atoms with Gasteiger partial charge in [0.1, 0.15) is 0 Å². The molecule has 1 rings (SSSR count). The average Bonchev–Trinajstić information content (AvgIpc) is 2.45. The topological polar surface area (TPSA) is 76.7 Å². The molecule has 0 aliphatic heterocycles. The first-order valence-electron chi connectivity index (χ1n) is 4.50. The number of hydrogen-bond donors (Lipinski definition) is 2. The maximum absolute atomic E-state index is 11.3. The summed E-state index contributed by atoms with van der Waals surface area (Å²) in [5.74, 6) is 0.641. The molecule has 0 bridgehead atoms. The Morgan fingerprint density at radius 1 is 1.62 bits per heavy atom. The first kappa shape index (κ1) is 9.98. The van der Waals surface area contributed by atoms with E-state index in [4.69, 9.17) is 5.73 Å². The van der Waals surface area contributed by atoms with Crippen LogP contribution in [-0.2, 0) is 0 Å². The monoisotopic (exact) mass is 184 g/mol. The number of rotatable bonds is 3. The third-order valence-electron chi connectivity index (χ3n) is 2.02. The van der Waals surface area contributed by atoms with E-state index in [1.165, 1.54) is 0 Å². The van der Waals surface area contributed by atoms with Gasteiger partial charge in [0.05, 0.1) is 6.04 Å². The number of hydrogen-bond acceptors (Lipinski definition) is 3. The van der Waals surface area contributed by atoms with Gasteiger partial charge in [-0.15, -0.1) is 0 Å². The predicted octanol–water partition coefficient (Wildman–Crippen LogP) is 0.562. The fourth-order valence-corrected chi connectivity index (χ4v) is 1.26. The second-order valence-corrected chi connectivity index (χ2v) is 3.37. The van der Waals surface area contributed by atoms with Crippen LogP contribution in [0.5, 0.6) is 0 Å². The zero-order valence-electron chi connectivity index (χ0n) is 8.24. The Balaban J connectivity index is 3.15. The van der Waals surface area contributed by atoms with Gasteiger partial charge in [-0.3, -0.25) is 4.57 Å². The SMILES string of the molecule is CCC(N)c1n[nH]c(=O)n1C(C)C. The van der Waals surface area contributed by atoms with Crippen LogP contribution in [0.15, 0.2) is 4.79 Å². The van der Waals surface area contributed by atoms with Crippen molar-refractivity contribution >= 4 is 0 Å². The lowest BCUT2D eigenvalue weighted by Crippen LogP contribution is -2.24. The standard InChI is InChI=1S/C8H16N4O/c1-4-6(9)7-10-11-8(13)12(7)5(2)3/h5-6H,4,9H2,1-3H3,(H,11,13). The molecule has 0 fully saturated rings. The Labute approximate surface area is 76.9 Å². The molecule has 13 heavy (non-hydrogen) atoms. The van der Waals surface area contributed by atoms with E-state index in [0.29, 0.717) is 5.82 Å². The third kappa shape index (κ3) is 1.80. The summed E-state index contributed by atoms with van der Waals surface area (Å²) in [6.07, 6.45) is 0.775. The molecule has 0 radical (unpaired) electrons. The highest BCUT2D eigenvalue weighted by Crippen LogP contribution is 2.12. The van der Waals surface area contributed by atoms with Gasteiger partial charge in [0, 0.05) is 6.04 Å². The van der Waals surface area contributed by atoms with Crippen molar-refractivity contribution in [2.45, 2.75) is 39.3 Å². The highest BCUT2D eigenvalue weighted by Gasteiger charge is 2.15. The minimum atomic E-state index is -0.186. The first-order chi connectivity index (χ1) is 6.07. The molecule has 0 aliphatic rings. The quantitative estimate of drug-likeness (QED) is 0.720. The molecular weight excluding hydrogens is 168 g/mol. The van der Waals surface area contributed by atoms with E-state index in [9.17, 15) is 4.79 Å². The molecule has 74 valence electrons. The smallest absolute Gasteiger partial charge is 0.321 e. The van der Waals surface area contributed by atoms with Crippen molar-refractivity contribution in [2.75, 3.05) is 0 Å². The van der Waals surface area contributed by atoms with Crippen LogP contribution in [0.25, 0.3) is 0 Å². The van der Waals surface area contributed by atoms with E-state index in [2.05, 4.69) is 10.2 Å². The van der Waals surface area contributed by atoms with Gasteiger partial charge in [0.15, 0.2) is 5.82 Å². The molecule has 3 N–H and O–H groups in total. The van der Waals surface area contributed by atoms with Crippen LogP contribution < -0.4 is 11.4 Å². The summed E-state index contributed by atoms with van der Waals surface area (Å²) in [7, 11) is 0. The van der Waals surface area contributed by atoms with Crippen LogP contribution in [0.2, 0.25) is 0 Å². The van der Waals surface area contributed by atoms with Crippen molar-refractivity contribution < 1.29 is 0 Å². The normalized spacial score (nSPS) is 13.6. The van der Waals surface area contributed by atoms with E-state index in [1.807, 2.05) is 20.8 Å². The van der Waals surface area contributed by atoms with Crippen LogP contribution in [0.4, 0.5) is 0 Å². The van der Waals surface area contributed by atoms with Gasteiger partial charge in [0.25, 0.3) is 0 Å². The number of aromatic amines is 1. The third-order valence-corrected chi connectivity index (χ3v) is 2.02. The fourth-order valence-electron chi connectivity index (χ4n) is 1.26. The summed E-state index contributed by atoms with van der Waals surface area (Å²) in [5, 5.41) is 6.32. The van der Waals surface area contributed by atoms with Crippen molar-refractivity contribution in [1.82, 2.24) is 14.8 Å². The maximum atomic E-state index is 11.3. The molecule has 0 saturated carbocycles. The number of nitrogens with two attached hydrogens (primary N) is 1. The van der Waals surface area contributed by atoms with Crippen molar-refractivity contribution in [2.24, 2.45) is 5.73 Å². The van der Waals surface area contributed by atoms with Gasteiger partial charge in [-0.05, 0) is 20.3 Å². The molecule has 1 unspecified atom stereocenters. The number of H-pyrrole nitrogens is 1. The zero-order chi connectivity index (χ0) is 10.0. The molecule has 1 aromatic heterocycles. The number of nitrogens with zero attached hydrogens (tertiary/aromatic N) is 2. The van der Waals surface area contributed by atoms with Gasteiger partial charge in [-0.25, -0.2) is 9.89 Å². The highest BCUT2D eigenvalue weighted by atomic mass is 16.1. The van der Waals surface area contributed by atoms with Gasteiger partial charge in [-0.2, -0.15) is 5.10 Å². The second-order valence-electron chi connectivity index (χ2n) is 3.37. The minimum absolute atomic E-state index is 0.0962. The molecular formula is C8H16N4O.